The Balaban J connectivity index is 0.00000169. The molecule has 5 heteroatoms. The summed E-state index contributed by atoms with van der Waals surface area (Å²) in [5, 5.41) is 8.09. The second kappa shape index (κ2) is 7.60. The molecule has 3 aromatic rings. The Morgan fingerprint density at radius 3 is 2.62 bits per heavy atom. The van der Waals surface area contributed by atoms with Gasteiger partial charge >= 0.3 is 0 Å². The van der Waals surface area contributed by atoms with Crippen LogP contribution in [0.15, 0.2) is 59.2 Å². The van der Waals surface area contributed by atoms with Crippen LogP contribution in [-0.2, 0) is 6.54 Å². The maximum absolute atomic E-state index is 5.73. The Hall–Kier alpha value is -2.17. The highest BCUT2D eigenvalue weighted by Crippen LogP contribution is 2.32. The molecule has 0 bridgehead atoms. The van der Waals surface area contributed by atoms with Crippen LogP contribution in [0.2, 0.25) is 0 Å². The van der Waals surface area contributed by atoms with Crippen LogP contribution in [0.25, 0.3) is 11.0 Å². The Bertz CT molecular complexity index is 782. The van der Waals surface area contributed by atoms with Crippen LogP contribution in [0.5, 0.6) is 0 Å². The fourth-order valence-corrected chi connectivity index (χ4v) is 3.11. The lowest BCUT2D eigenvalue weighted by Crippen LogP contribution is -2.43. The third-order valence-electron chi connectivity index (χ3n) is 4.33. The number of furan rings is 1. The quantitative estimate of drug-likeness (QED) is 0.754. The molecule has 0 saturated carbocycles. The first kappa shape index (κ1) is 16.7. The second-order valence-corrected chi connectivity index (χ2v) is 5.91. The number of piperazine rings is 1. The number of nitrogens with zero attached hydrogens (tertiary/aromatic N) is 1. The Morgan fingerprint density at radius 1 is 1.04 bits per heavy atom. The number of rotatable bonds is 4. The average molecular weight is 344 g/mol. The van der Waals surface area contributed by atoms with Crippen LogP contribution in [0.4, 0.5) is 11.4 Å². The molecule has 0 spiro atoms. The Labute approximate surface area is 148 Å². The summed E-state index contributed by atoms with van der Waals surface area (Å²) in [6, 6.07) is 16.9. The number of anilines is 2. The van der Waals surface area contributed by atoms with Gasteiger partial charge in [0.05, 0.1) is 12.0 Å². The van der Waals surface area contributed by atoms with E-state index >= 15 is 0 Å². The summed E-state index contributed by atoms with van der Waals surface area (Å²) in [6.45, 7) is 4.88. The summed E-state index contributed by atoms with van der Waals surface area (Å²) >= 11 is 0. The van der Waals surface area contributed by atoms with Crippen molar-refractivity contribution in [3.63, 3.8) is 0 Å². The van der Waals surface area contributed by atoms with Gasteiger partial charge in [-0.3, -0.25) is 0 Å². The van der Waals surface area contributed by atoms with E-state index in [1.54, 1.807) is 6.26 Å². The van der Waals surface area contributed by atoms with Crippen molar-refractivity contribution in [2.24, 2.45) is 0 Å². The minimum atomic E-state index is 0. The molecule has 2 heterocycles. The van der Waals surface area contributed by atoms with E-state index in [0.29, 0.717) is 0 Å². The summed E-state index contributed by atoms with van der Waals surface area (Å²) in [5.74, 6) is 0. The van der Waals surface area contributed by atoms with E-state index in [0.717, 1.165) is 49.4 Å². The molecule has 24 heavy (non-hydrogen) atoms. The third-order valence-corrected chi connectivity index (χ3v) is 4.33. The van der Waals surface area contributed by atoms with Crippen molar-refractivity contribution in [3.8, 4) is 0 Å². The maximum atomic E-state index is 5.73. The fourth-order valence-electron chi connectivity index (χ4n) is 3.11. The van der Waals surface area contributed by atoms with Gasteiger partial charge in [0.15, 0.2) is 5.58 Å². The first-order valence-corrected chi connectivity index (χ1v) is 8.15. The SMILES string of the molecule is Cl.c1ccc(CNc2cc(N3CCNCC3)c3occc3c2)cc1. The van der Waals surface area contributed by atoms with E-state index in [2.05, 4.69) is 51.9 Å². The van der Waals surface area contributed by atoms with Crippen molar-refractivity contribution in [1.29, 1.82) is 0 Å². The van der Waals surface area contributed by atoms with Gasteiger partial charge in [-0.1, -0.05) is 30.3 Å². The summed E-state index contributed by atoms with van der Waals surface area (Å²) in [4.78, 5) is 2.40. The zero-order valence-corrected chi connectivity index (χ0v) is 14.3. The fraction of sp³-hybridized carbons (Fsp3) is 0.263. The first-order chi connectivity index (χ1) is 11.4. The van der Waals surface area contributed by atoms with Crippen LogP contribution in [0.3, 0.4) is 0 Å². The van der Waals surface area contributed by atoms with E-state index in [4.69, 9.17) is 4.42 Å². The highest BCUT2D eigenvalue weighted by atomic mass is 35.5. The Morgan fingerprint density at radius 2 is 1.83 bits per heavy atom. The molecule has 1 saturated heterocycles. The van der Waals surface area contributed by atoms with Gasteiger partial charge in [-0.2, -0.15) is 0 Å². The molecule has 0 aliphatic carbocycles. The summed E-state index contributed by atoms with van der Waals surface area (Å²) in [5.41, 5.74) is 4.58. The largest absolute Gasteiger partial charge is 0.462 e. The zero-order valence-electron chi connectivity index (χ0n) is 13.5. The Kier molecular flexibility index (Phi) is 5.28. The molecule has 1 aromatic heterocycles. The van der Waals surface area contributed by atoms with Crippen molar-refractivity contribution < 1.29 is 4.42 Å². The van der Waals surface area contributed by atoms with E-state index < -0.39 is 0 Å². The van der Waals surface area contributed by atoms with Crippen molar-refractivity contribution in [2.45, 2.75) is 6.54 Å². The molecule has 2 N–H and O–H groups in total. The molecular formula is C19H22ClN3O. The third kappa shape index (κ3) is 3.50. The minimum Gasteiger partial charge on any atom is -0.462 e. The van der Waals surface area contributed by atoms with Crippen molar-refractivity contribution in [2.75, 3.05) is 36.4 Å². The van der Waals surface area contributed by atoms with Crippen molar-refractivity contribution >= 4 is 34.8 Å². The number of fused-ring (bicyclic) bond motifs is 1. The van der Waals surface area contributed by atoms with Crippen LogP contribution in [-0.4, -0.2) is 26.2 Å². The summed E-state index contributed by atoms with van der Waals surface area (Å²) < 4.78 is 5.73. The first-order valence-electron chi connectivity index (χ1n) is 8.15. The molecule has 0 atom stereocenters. The molecule has 4 nitrogen and oxygen atoms in total. The number of nitrogens with one attached hydrogen (secondary N) is 2. The molecule has 0 radical (unpaired) electrons. The number of halogens is 1. The standard InChI is InChI=1S/C19H21N3O.ClH/c1-2-4-15(5-3-1)14-21-17-12-16-6-11-23-19(16)18(13-17)22-9-7-20-8-10-22;/h1-6,11-13,20-21H,7-10,14H2;1H. The lowest BCUT2D eigenvalue weighted by atomic mass is 10.1. The molecule has 126 valence electrons. The molecule has 0 unspecified atom stereocenters. The maximum Gasteiger partial charge on any atom is 0.157 e. The highest BCUT2D eigenvalue weighted by Gasteiger charge is 2.16. The van der Waals surface area contributed by atoms with E-state index in [1.807, 2.05) is 12.1 Å². The molecular weight excluding hydrogens is 322 g/mol. The van der Waals surface area contributed by atoms with Gasteiger partial charge in [-0.15, -0.1) is 12.4 Å². The van der Waals surface area contributed by atoms with Crippen LogP contribution in [0.1, 0.15) is 5.56 Å². The van der Waals surface area contributed by atoms with Gasteiger partial charge in [-0.25, -0.2) is 0 Å². The number of hydrogen-bond donors (Lipinski definition) is 2. The molecule has 0 amide bonds. The molecule has 1 aliphatic heterocycles. The van der Waals surface area contributed by atoms with Gasteiger partial charge in [0.2, 0.25) is 0 Å². The van der Waals surface area contributed by atoms with Gasteiger partial charge in [0.25, 0.3) is 0 Å². The smallest absolute Gasteiger partial charge is 0.157 e. The summed E-state index contributed by atoms with van der Waals surface area (Å²) in [7, 11) is 0. The molecule has 1 fully saturated rings. The van der Waals surface area contributed by atoms with Crippen LogP contribution in [0, 0.1) is 0 Å². The van der Waals surface area contributed by atoms with E-state index in [1.165, 1.54) is 11.3 Å². The summed E-state index contributed by atoms with van der Waals surface area (Å²) in [6.07, 6.45) is 1.78. The van der Waals surface area contributed by atoms with Crippen LogP contribution >= 0.6 is 12.4 Å². The lowest BCUT2D eigenvalue weighted by molar-refractivity contribution is 0.579. The van der Waals surface area contributed by atoms with Crippen molar-refractivity contribution in [3.05, 3.63) is 60.4 Å². The van der Waals surface area contributed by atoms with E-state index in [9.17, 15) is 0 Å². The van der Waals surface area contributed by atoms with Crippen molar-refractivity contribution in [1.82, 2.24) is 5.32 Å². The van der Waals surface area contributed by atoms with Gasteiger partial charge in [0, 0.05) is 43.8 Å². The molecule has 4 rings (SSSR count). The number of benzene rings is 2. The minimum absolute atomic E-state index is 0. The van der Waals surface area contributed by atoms with Gasteiger partial charge < -0.3 is 20.0 Å². The predicted molar refractivity (Wildman–Crippen MR) is 102 cm³/mol. The monoisotopic (exact) mass is 343 g/mol. The second-order valence-electron chi connectivity index (χ2n) is 5.91. The molecule has 2 aromatic carbocycles. The number of hydrogen-bond acceptors (Lipinski definition) is 4. The van der Waals surface area contributed by atoms with E-state index in [-0.39, 0.29) is 12.4 Å². The normalized spacial score (nSPS) is 14.4. The topological polar surface area (TPSA) is 40.4 Å². The lowest BCUT2D eigenvalue weighted by Gasteiger charge is -2.29. The van der Waals surface area contributed by atoms with Gasteiger partial charge in [0.1, 0.15) is 0 Å². The zero-order chi connectivity index (χ0) is 15.5. The predicted octanol–water partition coefficient (Wildman–Crippen LogP) is 3.88. The van der Waals surface area contributed by atoms with Crippen LogP contribution < -0.4 is 15.5 Å². The van der Waals surface area contributed by atoms with Gasteiger partial charge in [-0.05, 0) is 23.8 Å². The highest BCUT2D eigenvalue weighted by molar-refractivity contribution is 5.93. The molecule has 1 aliphatic rings. The average Bonchev–Trinajstić information content (AvgIpc) is 3.09.